The largest absolute Gasteiger partial charge is 1.00 e. The molecule has 0 fully saturated rings. The van der Waals surface area contributed by atoms with E-state index < -0.39 is 10.1 Å². The summed E-state index contributed by atoms with van der Waals surface area (Å²) in [5.74, 6) is -0.0787. The van der Waals surface area contributed by atoms with Gasteiger partial charge in [-0.05, 0) is 36.6 Å². The Morgan fingerprint density at radius 3 is 2.26 bits per heavy atom. The monoisotopic (exact) mass is 416 g/mol. The molecule has 0 radical (unpaired) electrons. The first-order valence-electron chi connectivity index (χ1n) is 8.96. The third-order valence-electron chi connectivity index (χ3n) is 4.13. The van der Waals surface area contributed by atoms with E-state index in [1.165, 1.54) is 12.5 Å². The summed E-state index contributed by atoms with van der Waals surface area (Å²) in [5, 5.41) is 12.0. The van der Waals surface area contributed by atoms with Crippen molar-refractivity contribution in [1.82, 2.24) is 0 Å². The van der Waals surface area contributed by atoms with Gasteiger partial charge in [0.2, 0.25) is 0 Å². The van der Waals surface area contributed by atoms with Gasteiger partial charge in [0.05, 0.1) is 0 Å². The van der Waals surface area contributed by atoms with E-state index in [4.69, 9.17) is 4.74 Å². The number of unbranched alkanes of at least 4 members (excludes halogenated alkanes) is 5. The van der Waals surface area contributed by atoms with Crippen LogP contribution in [0.25, 0.3) is 0 Å². The number of benzene rings is 2. The Balaban J connectivity index is 0.00000364. The van der Waals surface area contributed by atoms with Crippen molar-refractivity contribution in [3.63, 3.8) is 0 Å². The van der Waals surface area contributed by atoms with E-state index >= 15 is 0 Å². The molecule has 0 aliphatic rings. The van der Waals surface area contributed by atoms with Crippen LogP contribution < -0.4 is 61.2 Å². The topological polar surface area (TPSA) is 86.7 Å². The normalized spacial score (nSPS) is 11.0. The number of rotatable bonds is 10. The summed E-state index contributed by atoms with van der Waals surface area (Å²) >= 11 is 0. The molecule has 2 aromatic carbocycles. The molecule has 0 spiro atoms. The van der Waals surface area contributed by atoms with Crippen LogP contribution in [0.2, 0.25) is 0 Å². The first kappa shape index (κ1) is 24.6. The zero-order valence-corrected chi connectivity index (χ0v) is 19.9. The number of hydrogen-bond donors (Lipinski definition) is 1. The fraction of sp³-hybridized carbons (Fsp3) is 0.400. The first-order chi connectivity index (χ1) is 12.4. The van der Waals surface area contributed by atoms with Crippen molar-refractivity contribution in [2.24, 2.45) is 0 Å². The molecular formula is C20H25KO5S. The molecule has 0 heterocycles. The first-order valence-corrected chi connectivity index (χ1v) is 10.4. The maximum Gasteiger partial charge on any atom is 1.00 e. The van der Waals surface area contributed by atoms with Crippen LogP contribution in [0.4, 0.5) is 0 Å². The van der Waals surface area contributed by atoms with Crippen molar-refractivity contribution in [3.8, 4) is 17.2 Å². The van der Waals surface area contributed by atoms with Gasteiger partial charge in [0.15, 0.2) is 0 Å². The SMILES string of the molecule is CCCCCCCCc1cc([O-])cc(Oc2ccccc2)c1S(=O)(=O)O.[K+]. The molecule has 0 amide bonds. The van der Waals surface area contributed by atoms with Crippen molar-refractivity contribution in [3.05, 3.63) is 48.0 Å². The van der Waals surface area contributed by atoms with Crippen molar-refractivity contribution in [2.75, 3.05) is 0 Å². The molecule has 1 N–H and O–H groups in total. The fourth-order valence-electron chi connectivity index (χ4n) is 2.90. The molecule has 0 aliphatic carbocycles. The number of ether oxygens (including phenoxy) is 1. The molecule has 0 aromatic heterocycles. The van der Waals surface area contributed by atoms with Crippen LogP contribution in [0.5, 0.6) is 17.2 Å². The molecule has 27 heavy (non-hydrogen) atoms. The third-order valence-corrected chi connectivity index (χ3v) is 5.11. The second kappa shape index (κ2) is 12.2. The van der Waals surface area contributed by atoms with E-state index in [1.54, 1.807) is 30.3 Å². The maximum absolute atomic E-state index is 12.0. The average molecular weight is 417 g/mol. The Morgan fingerprint density at radius 1 is 1.00 bits per heavy atom. The van der Waals surface area contributed by atoms with Crippen molar-refractivity contribution < 1.29 is 74.2 Å². The fourth-order valence-corrected chi connectivity index (χ4v) is 3.74. The molecule has 0 aliphatic heterocycles. The molecule has 2 rings (SSSR count). The molecule has 5 nitrogen and oxygen atoms in total. The van der Waals surface area contributed by atoms with Gasteiger partial charge in [0.25, 0.3) is 10.1 Å². The minimum Gasteiger partial charge on any atom is -0.872 e. The van der Waals surface area contributed by atoms with Crippen molar-refractivity contribution in [2.45, 2.75) is 56.8 Å². The molecule has 7 heteroatoms. The quantitative estimate of drug-likeness (QED) is 0.362. The van der Waals surface area contributed by atoms with Gasteiger partial charge in [0.1, 0.15) is 16.4 Å². The van der Waals surface area contributed by atoms with Crippen LogP contribution in [0.15, 0.2) is 47.4 Å². The average Bonchev–Trinajstić information content (AvgIpc) is 2.57. The minimum absolute atomic E-state index is 0. The Hall–Kier alpha value is -0.414. The zero-order valence-electron chi connectivity index (χ0n) is 16.0. The summed E-state index contributed by atoms with van der Waals surface area (Å²) in [6, 6.07) is 10.9. The van der Waals surface area contributed by atoms with Crippen molar-refractivity contribution in [1.29, 1.82) is 0 Å². The van der Waals surface area contributed by atoms with Gasteiger partial charge < -0.3 is 9.84 Å². The van der Waals surface area contributed by atoms with Gasteiger partial charge in [-0.1, -0.05) is 63.3 Å². The van der Waals surface area contributed by atoms with E-state index in [-0.39, 0.29) is 67.8 Å². The number of hydrogen-bond acceptors (Lipinski definition) is 4. The Kier molecular flexibility index (Phi) is 11.1. The van der Waals surface area contributed by atoms with E-state index in [0.717, 1.165) is 38.2 Å². The van der Waals surface area contributed by atoms with Gasteiger partial charge in [-0.25, -0.2) is 0 Å². The van der Waals surface area contributed by atoms with E-state index in [2.05, 4.69) is 6.92 Å². The standard InChI is InChI=1S/C20H26O5S.K/c1-2-3-4-5-6-8-11-16-14-17(21)15-19(20(16)26(22,23)24)25-18-12-9-7-10-13-18;/h7,9-10,12-15,21H,2-6,8,11H2,1H3,(H,22,23,24);/q;+1/p-1. The van der Waals surface area contributed by atoms with Crippen LogP contribution in [0.1, 0.15) is 51.0 Å². The Morgan fingerprint density at radius 2 is 1.63 bits per heavy atom. The zero-order chi connectivity index (χ0) is 19.0. The molecule has 0 saturated carbocycles. The number of para-hydroxylation sites is 1. The summed E-state index contributed by atoms with van der Waals surface area (Å²) in [7, 11) is -4.52. The van der Waals surface area contributed by atoms with Crippen LogP contribution >= 0.6 is 0 Å². The number of aryl methyl sites for hydroxylation is 1. The van der Waals surface area contributed by atoms with Gasteiger partial charge in [-0.2, -0.15) is 8.42 Å². The predicted molar refractivity (Wildman–Crippen MR) is 99.3 cm³/mol. The predicted octanol–water partition coefficient (Wildman–Crippen LogP) is 1.71. The van der Waals surface area contributed by atoms with Crippen LogP contribution in [0.3, 0.4) is 0 Å². The third kappa shape index (κ3) is 8.23. The molecule has 0 unspecified atom stereocenters. The molecule has 0 atom stereocenters. The summed E-state index contributed by atoms with van der Waals surface area (Å²) < 4.78 is 39.1. The van der Waals surface area contributed by atoms with Gasteiger partial charge in [-0.15, -0.1) is 5.75 Å². The van der Waals surface area contributed by atoms with Gasteiger partial charge in [0, 0.05) is 0 Å². The van der Waals surface area contributed by atoms with E-state index in [9.17, 15) is 18.1 Å². The summed E-state index contributed by atoms with van der Waals surface area (Å²) in [5.41, 5.74) is 0.307. The molecular weight excluding hydrogens is 391 g/mol. The van der Waals surface area contributed by atoms with Crippen molar-refractivity contribution >= 4 is 10.1 Å². The Labute approximate surface area is 204 Å². The molecule has 0 bridgehead atoms. The van der Waals surface area contributed by atoms with E-state index in [1.807, 2.05) is 0 Å². The minimum atomic E-state index is -4.52. The van der Waals surface area contributed by atoms with Crippen LogP contribution in [0, 0.1) is 0 Å². The maximum atomic E-state index is 12.0. The summed E-state index contributed by atoms with van der Waals surface area (Å²) in [4.78, 5) is -0.311. The van der Waals surface area contributed by atoms with Gasteiger partial charge >= 0.3 is 51.4 Å². The molecule has 0 saturated heterocycles. The second-order valence-corrected chi connectivity index (χ2v) is 7.68. The Bertz CT molecular complexity index is 807. The van der Waals surface area contributed by atoms with E-state index in [0.29, 0.717) is 17.7 Å². The molecule has 2 aromatic rings. The summed E-state index contributed by atoms with van der Waals surface area (Å²) in [6.45, 7) is 2.15. The van der Waals surface area contributed by atoms with Gasteiger partial charge in [-0.3, -0.25) is 4.55 Å². The van der Waals surface area contributed by atoms with Crippen LogP contribution in [-0.2, 0) is 16.5 Å². The second-order valence-electron chi connectivity index (χ2n) is 6.32. The smallest absolute Gasteiger partial charge is 0.872 e. The summed E-state index contributed by atoms with van der Waals surface area (Å²) in [6.07, 6.45) is 6.66. The van der Waals surface area contributed by atoms with Crippen LogP contribution in [-0.4, -0.2) is 13.0 Å². The molecule has 142 valence electrons.